The van der Waals surface area contributed by atoms with Crippen LogP contribution >= 0.6 is 23.1 Å². The Morgan fingerprint density at radius 1 is 1.32 bits per heavy atom. The Morgan fingerprint density at radius 2 is 2.00 bits per heavy atom. The molecule has 13 nitrogen and oxygen atoms in total. The molecule has 0 saturated heterocycles. The summed E-state index contributed by atoms with van der Waals surface area (Å²) in [6, 6.07) is 3.89. The molecule has 0 fully saturated rings. The number of hydrogen-bond donors (Lipinski definition) is 9. The number of nitrogens with two attached hydrogens (primary N) is 3. The van der Waals surface area contributed by atoms with Crippen LogP contribution in [0.3, 0.4) is 0 Å². The van der Waals surface area contributed by atoms with Crippen molar-refractivity contribution in [2.75, 3.05) is 16.8 Å². The number of thioether (sulfide) groups is 1. The van der Waals surface area contributed by atoms with Crippen molar-refractivity contribution in [1.29, 1.82) is 10.8 Å². The molecule has 16 heteroatoms. The molecule has 170 valence electrons. The molecular weight excluding hydrogens is 468 g/mol. The van der Waals surface area contributed by atoms with Crippen LogP contribution in [-0.2, 0) is 16.0 Å². The van der Waals surface area contributed by atoms with Gasteiger partial charge in [0.15, 0.2) is 11.1 Å². The van der Waals surface area contributed by atoms with E-state index in [0.29, 0.717) is 22.3 Å². The van der Waals surface area contributed by atoms with Crippen molar-refractivity contribution in [3.8, 4) is 5.75 Å². The van der Waals surface area contributed by atoms with Gasteiger partial charge in [-0.05, 0) is 18.2 Å². The lowest BCUT2D eigenvalue weighted by Gasteiger charge is -2.04. The second kappa shape index (κ2) is 11.9. The molecule has 0 aliphatic rings. The Morgan fingerprint density at radius 3 is 2.55 bits per heavy atom. The molecule has 0 radical (unpaired) electrons. The maximum atomic E-state index is 10.7. The molecule has 0 saturated carbocycles. The number of nitrogens with one attached hydrogen (secondary N) is 4. The quantitative estimate of drug-likeness (QED) is 0.0814. The molecule has 0 aliphatic heterocycles. The van der Waals surface area contributed by atoms with Crippen LogP contribution in [0.4, 0.5) is 10.8 Å². The summed E-state index contributed by atoms with van der Waals surface area (Å²) in [6.45, 7) is 0. The Balaban J connectivity index is 0.000000367. The first kappa shape index (κ1) is 26.0. The largest absolute Gasteiger partial charge is 0.507 e. The molecule has 31 heavy (non-hydrogen) atoms. The van der Waals surface area contributed by atoms with E-state index in [1.807, 2.05) is 10.1 Å². The second-order valence-electron chi connectivity index (χ2n) is 5.69. The molecule has 2 aromatic rings. The van der Waals surface area contributed by atoms with E-state index in [0.717, 1.165) is 5.69 Å². The van der Waals surface area contributed by atoms with Crippen molar-refractivity contribution in [2.45, 2.75) is 12.2 Å². The molecule has 0 aliphatic carbocycles. The van der Waals surface area contributed by atoms with E-state index in [2.05, 4.69) is 10.3 Å². The minimum absolute atomic E-state index is 0.141. The molecule has 0 unspecified atom stereocenters. The third-order valence-corrected chi connectivity index (χ3v) is 5.39. The van der Waals surface area contributed by atoms with E-state index in [-0.39, 0.29) is 29.5 Å². The van der Waals surface area contributed by atoms with Gasteiger partial charge in [-0.3, -0.25) is 15.5 Å². The number of nitrogen functional groups attached to an aromatic ring is 1. The van der Waals surface area contributed by atoms with E-state index < -0.39 is 16.2 Å². The van der Waals surface area contributed by atoms with Gasteiger partial charge < -0.3 is 27.0 Å². The molecule has 0 amide bonds. The zero-order chi connectivity index (χ0) is 23.6. The molecule has 2 rings (SSSR count). The Bertz CT molecular complexity index is 1040. The highest BCUT2D eigenvalue weighted by Crippen LogP contribution is 2.20. The Hall–Kier alpha value is -3.08. The number of phenols is 1. The van der Waals surface area contributed by atoms with Gasteiger partial charge >= 0.3 is 5.97 Å². The first-order valence-electron chi connectivity index (χ1n) is 8.20. The van der Waals surface area contributed by atoms with Crippen LogP contribution in [0.25, 0.3) is 0 Å². The number of benzene rings is 1. The lowest BCUT2D eigenvalue weighted by atomic mass is 10.2. The predicted molar refractivity (Wildman–Crippen MR) is 122 cm³/mol. The summed E-state index contributed by atoms with van der Waals surface area (Å²) in [4.78, 5) is 14.6. The summed E-state index contributed by atoms with van der Waals surface area (Å²) in [6.07, 6.45) is 0.268. The maximum absolute atomic E-state index is 10.7. The molecule has 0 bridgehead atoms. The van der Waals surface area contributed by atoms with Crippen molar-refractivity contribution in [3.05, 3.63) is 34.8 Å². The fraction of sp³-hybridized carbons (Fsp3) is 0.200. The molecule has 1 heterocycles. The predicted octanol–water partition coefficient (Wildman–Crippen LogP) is 0.515. The average Bonchev–Trinajstić information content (AvgIpc) is 3.06. The van der Waals surface area contributed by atoms with E-state index in [4.69, 9.17) is 37.6 Å². The fourth-order valence-electron chi connectivity index (χ4n) is 1.84. The normalized spacial score (nSPS) is 10.5. The molecule has 1 aromatic heterocycles. The third-order valence-electron chi connectivity index (χ3n) is 3.06. The van der Waals surface area contributed by atoms with Gasteiger partial charge in [-0.2, -0.15) is 20.2 Å². The van der Waals surface area contributed by atoms with Crippen LogP contribution in [0.1, 0.15) is 22.5 Å². The summed E-state index contributed by atoms with van der Waals surface area (Å²) in [5.41, 5.74) is 11.4. The van der Waals surface area contributed by atoms with Gasteiger partial charge in [-0.15, -0.1) is 11.3 Å². The van der Waals surface area contributed by atoms with Crippen LogP contribution in [0.2, 0.25) is 0 Å². The van der Waals surface area contributed by atoms with E-state index in [1.165, 1.54) is 41.3 Å². The van der Waals surface area contributed by atoms with Crippen LogP contribution in [0.15, 0.2) is 23.6 Å². The molecule has 0 spiro atoms. The molecule has 1 aromatic carbocycles. The summed E-state index contributed by atoms with van der Waals surface area (Å²) in [7, 11) is -3.86. The Labute approximate surface area is 186 Å². The van der Waals surface area contributed by atoms with Gasteiger partial charge in [0.2, 0.25) is 0 Å². The SMILES string of the molecule is N=C(N)Nc1nc(CSCCC(=N)NS(N)(=O)=O)cs1.Nc1ccc(O)c(C(=O)O)c1. The van der Waals surface area contributed by atoms with Gasteiger partial charge in [-0.1, -0.05) is 0 Å². The summed E-state index contributed by atoms with van der Waals surface area (Å²) in [5.74, 6) is -0.577. The van der Waals surface area contributed by atoms with Crippen LogP contribution in [-0.4, -0.2) is 47.1 Å². The summed E-state index contributed by atoms with van der Waals surface area (Å²) in [5, 5.41) is 41.6. The number of hydrogen-bond acceptors (Lipinski definition) is 10. The number of carbonyl (C=O) groups is 1. The zero-order valence-corrected chi connectivity index (χ0v) is 18.4. The van der Waals surface area contributed by atoms with E-state index in [1.54, 1.807) is 0 Å². The average molecular weight is 491 g/mol. The van der Waals surface area contributed by atoms with Crippen molar-refractivity contribution < 1.29 is 23.4 Å². The number of guanidine groups is 1. The van der Waals surface area contributed by atoms with Crippen molar-refractivity contribution in [3.63, 3.8) is 0 Å². The second-order valence-corrected chi connectivity index (χ2v) is 8.95. The van der Waals surface area contributed by atoms with Gasteiger partial charge in [-0.25, -0.2) is 14.9 Å². The molecule has 0 atom stereocenters. The minimum Gasteiger partial charge on any atom is -0.507 e. The first-order chi connectivity index (χ1) is 14.4. The number of amidine groups is 1. The lowest BCUT2D eigenvalue weighted by molar-refractivity contribution is 0.0693. The van der Waals surface area contributed by atoms with Crippen LogP contribution in [0.5, 0.6) is 5.75 Å². The van der Waals surface area contributed by atoms with Crippen molar-refractivity contribution in [2.24, 2.45) is 10.9 Å². The highest BCUT2D eigenvalue weighted by Gasteiger charge is 2.08. The lowest BCUT2D eigenvalue weighted by Crippen LogP contribution is -2.35. The highest BCUT2D eigenvalue weighted by atomic mass is 32.2. The van der Waals surface area contributed by atoms with Gasteiger partial charge in [0.25, 0.3) is 10.2 Å². The third kappa shape index (κ3) is 11.0. The van der Waals surface area contributed by atoms with Gasteiger partial charge in [0.1, 0.15) is 17.1 Å². The number of anilines is 2. The standard InChI is InChI=1S/C8H15N7O2S3.C7H7NO3/c9-6(15-20(12,16)17)1-2-18-3-5-4-19-8(13-5)14-7(10)11;8-4-1-2-6(9)5(3-4)7(10)11/h4H,1-3H2,(H2,9,15)(H2,12,16,17)(H4,10,11,13,14);1-3,9H,8H2,(H,10,11). The fourth-order valence-corrected chi connectivity index (χ4v) is 3.97. The van der Waals surface area contributed by atoms with E-state index in [9.17, 15) is 13.2 Å². The van der Waals surface area contributed by atoms with Crippen LogP contribution in [0, 0.1) is 10.8 Å². The number of thiazole rings is 1. The van der Waals surface area contributed by atoms with Gasteiger partial charge in [0, 0.05) is 29.0 Å². The smallest absolute Gasteiger partial charge is 0.339 e. The first-order valence-corrected chi connectivity index (χ1v) is 11.8. The highest BCUT2D eigenvalue weighted by molar-refractivity contribution is 7.98. The molecular formula is C15H22N8O5S3. The van der Waals surface area contributed by atoms with Crippen molar-refractivity contribution in [1.82, 2.24) is 9.71 Å². The number of aromatic hydroxyl groups is 1. The maximum Gasteiger partial charge on any atom is 0.339 e. The summed E-state index contributed by atoms with van der Waals surface area (Å²) < 4.78 is 23.2. The monoisotopic (exact) mass is 490 g/mol. The van der Waals surface area contributed by atoms with Crippen LogP contribution < -0.4 is 26.6 Å². The number of aromatic nitrogens is 1. The summed E-state index contributed by atoms with van der Waals surface area (Å²) >= 11 is 2.85. The topological polar surface area (TPSA) is 254 Å². The number of aromatic carboxylic acids is 1. The number of carboxylic acid groups (broad SMARTS) is 1. The van der Waals surface area contributed by atoms with Gasteiger partial charge in [0.05, 0.1) is 5.69 Å². The molecule has 12 N–H and O–H groups in total. The number of rotatable bonds is 8. The Kier molecular flexibility index (Phi) is 10.00. The zero-order valence-electron chi connectivity index (χ0n) is 16.0. The number of carboxylic acids is 1. The van der Waals surface area contributed by atoms with Crippen molar-refractivity contribution >= 4 is 61.9 Å². The minimum atomic E-state index is -3.86. The van der Waals surface area contributed by atoms with E-state index >= 15 is 0 Å². The number of nitrogens with zero attached hydrogens (tertiary/aromatic N) is 1.